The molecular weight excluding hydrogens is 1270 g/mol. The molecule has 8 N–H and O–H groups in total. The summed E-state index contributed by atoms with van der Waals surface area (Å²) in [6.07, 6.45) is -1.48. The fourth-order valence-corrected chi connectivity index (χ4v) is 15.3. The third-order valence-electron chi connectivity index (χ3n) is 14.4. The van der Waals surface area contributed by atoms with Gasteiger partial charge < -0.3 is 51.5 Å². The number of nitrogens with zero attached hydrogens (tertiary/aromatic N) is 9. The van der Waals surface area contributed by atoms with Crippen LogP contribution in [0.15, 0.2) is 64.0 Å². The van der Waals surface area contributed by atoms with E-state index >= 15 is 0 Å². The first-order chi connectivity index (χ1) is 42.8. The monoisotopic (exact) mass is 1320 g/mol. The fourth-order valence-electron chi connectivity index (χ4n) is 9.70. The number of carboxylic acid groups (broad SMARTS) is 2. The van der Waals surface area contributed by atoms with Gasteiger partial charge in [0.25, 0.3) is 17.7 Å². The first kappa shape index (κ1) is 63.6. The Morgan fingerprint density at radius 3 is 2.13 bits per heavy atom. The third kappa shape index (κ3) is 14.5. The molecule has 32 heteroatoms. The maximum atomic E-state index is 14.4. The highest BCUT2D eigenvalue weighted by Crippen LogP contribution is 2.41. The van der Waals surface area contributed by atoms with Gasteiger partial charge in [0, 0.05) is 65.8 Å². The number of aryl methyl sites for hydroxylation is 1. The van der Waals surface area contributed by atoms with E-state index in [0.717, 1.165) is 56.7 Å². The van der Waals surface area contributed by atoms with Crippen molar-refractivity contribution >= 4 is 121 Å². The van der Waals surface area contributed by atoms with Crippen molar-refractivity contribution in [1.82, 2.24) is 66.4 Å². The Labute approximate surface area is 531 Å². The molecule has 2 aliphatic heterocycles. The summed E-state index contributed by atoms with van der Waals surface area (Å²) in [6, 6.07) is 8.69. The second-order valence-electron chi connectivity index (χ2n) is 20.8. The third-order valence-corrected chi connectivity index (χ3v) is 20.1. The number of fused-ring (bicyclic) bond motifs is 14. The number of ether oxygens (including phenoxy) is 1. The van der Waals surface area contributed by atoms with Crippen molar-refractivity contribution in [2.75, 3.05) is 45.2 Å². The fraction of sp³-hybridized carbons (Fsp3) is 0.351. The first-order valence-corrected chi connectivity index (χ1v) is 32.9. The first-order valence-electron chi connectivity index (χ1n) is 27.7. The number of aliphatic hydroxyl groups is 1. The number of amides is 7. The number of aromatic nitrogens is 7. The molecule has 9 heterocycles. The minimum absolute atomic E-state index is 0.0145. The van der Waals surface area contributed by atoms with Crippen molar-refractivity contribution in [3.8, 4) is 43.4 Å². The number of rotatable bonds is 13. The van der Waals surface area contributed by atoms with Crippen molar-refractivity contribution in [1.29, 1.82) is 0 Å². The molecule has 7 amide bonds. The summed E-state index contributed by atoms with van der Waals surface area (Å²) in [7, 11) is 2.91. The Morgan fingerprint density at radius 2 is 1.42 bits per heavy atom. The van der Waals surface area contributed by atoms with Crippen LogP contribution in [0.25, 0.3) is 43.4 Å². The number of carbonyl (C=O) groups excluding carboxylic acids is 6. The lowest BCUT2D eigenvalue weighted by atomic mass is 9.97. The molecule has 2 aliphatic rings. The number of hydrogen-bond acceptors (Lipinski definition) is 23. The Kier molecular flexibility index (Phi) is 20.0. The van der Waals surface area contributed by atoms with Gasteiger partial charge in [-0.1, -0.05) is 44.2 Å². The van der Waals surface area contributed by atoms with Gasteiger partial charge in [-0.2, -0.15) is 0 Å². The summed E-state index contributed by atoms with van der Waals surface area (Å²) in [5, 5.41) is 53.9. The largest absolute Gasteiger partial charge is 0.481 e. The zero-order chi connectivity index (χ0) is 63.2. The number of thiazole rings is 6. The molecule has 464 valence electrons. The van der Waals surface area contributed by atoms with Gasteiger partial charge in [-0.15, -0.1) is 68.0 Å². The Hall–Kier alpha value is -8.37. The van der Waals surface area contributed by atoms with Gasteiger partial charge in [-0.05, 0) is 43.4 Å². The summed E-state index contributed by atoms with van der Waals surface area (Å²) in [4.78, 5) is 145. The number of carboxylic acids is 2. The average molecular weight is 1320 g/mol. The van der Waals surface area contributed by atoms with Gasteiger partial charge in [0.05, 0.1) is 54.6 Å². The van der Waals surface area contributed by atoms with Gasteiger partial charge in [-0.25, -0.2) is 39.7 Å². The number of hydrogen-bond donors (Lipinski definition) is 8. The normalized spacial score (nSPS) is 17.2. The van der Waals surface area contributed by atoms with Crippen LogP contribution in [-0.4, -0.2) is 143 Å². The molecule has 0 spiro atoms. The average Bonchev–Trinajstić information content (AvgIpc) is 2.61. The molecule has 26 nitrogen and oxygen atoms in total. The molecule has 8 aromatic rings. The zero-order valence-corrected chi connectivity index (χ0v) is 53.1. The van der Waals surface area contributed by atoms with Crippen LogP contribution in [-0.2, 0) is 30.5 Å². The number of aliphatic hydroxyl groups excluding tert-OH is 1. The number of piperidine rings is 1. The van der Waals surface area contributed by atoms with Gasteiger partial charge >= 0.3 is 18.0 Å². The molecule has 1 fully saturated rings. The number of methoxy groups -OCH3 is 1. The van der Waals surface area contributed by atoms with Crippen LogP contribution in [0, 0.1) is 18.8 Å². The predicted octanol–water partition coefficient (Wildman–Crippen LogP) is 7.51. The zero-order valence-electron chi connectivity index (χ0n) is 48.2. The van der Waals surface area contributed by atoms with E-state index in [-0.39, 0.29) is 79.3 Å². The van der Waals surface area contributed by atoms with Crippen molar-refractivity contribution in [3.63, 3.8) is 0 Å². The highest BCUT2D eigenvalue weighted by molar-refractivity contribution is 7.15. The van der Waals surface area contributed by atoms with E-state index in [2.05, 4.69) is 36.6 Å². The predicted molar refractivity (Wildman–Crippen MR) is 334 cm³/mol. The number of aliphatic carboxylic acids is 2. The van der Waals surface area contributed by atoms with Gasteiger partial charge in [0.15, 0.2) is 0 Å². The number of urea groups is 1. The molecule has 1 aromatic carbocycles. The summed E-state index contributed by atoms with van der Waals surface area (Å²) < 4.78 is 5.45. The smallest absolute Gasteiger partial charge is 0.325 e. The molecule has 89 heavy (non-hydrogen) atoms. The number of carbonyl (C=O) groups is 8. The van der Waals surface area contributed by atoms with E-state index in [9.17, 15) is 53.7 Å². The van der Waals surface area contributed by atoms with Crippen LogP contribution in [0.3, 0.4) is 0 Å². The molecule has 4 atom stereocenters. The number of benzene rings is 1. The van der Waals surface area contributed by atoms with Crippen molar-refractivity contribution in [2.24, 2.45) is 11.8 Å². The van der Waals surface area contributed by atoms with Crippen LogP contribution < -0.4 is 31.5 Å². The van der Waals surface area contributed by atoms with Gasteiger partial charge in [0.2, 0.25) is 11.8 Å². The summed E-state index contributed by atoms with van der Waals surface area (Å²) in [6.45, 7) is 4.97. The van der Waals surface area contributed by atoms with E-state index in [4.69, 9.17) is 29.7 Å². The van der Waals surface area contributed by atoms with Crippen molar-refractivity contribution < 1.29 is 58.4 Å². The molecule has 1 saturated heterocycles. The molecular formula is C57H58N14O12S6. The molecule has 0 unspecified atom stereocenters. The van der Waals surface area contributed by atoms with Crippen LogP contribution in [0.4, 0.5) is 10.6 Å². The van der Waals surface area contributed by atoms with Gasteiger partial charge in [0.1, 0.15) is 82.2 Å². The van der Waals surface area contributed by atoms with E-state index in [0.29, 0.717) is 68.7 Å². The van der Waals surface area contributed by atoms with Gasteiger partial charge in [-0.3, -0.25) is 38.5 Å². The highest BCUT2D eigenvalue weighted by Gasteiger charge is 2.35. The minimum atomic E-state index is -1.31. The van der Waals surface area contributed by atoms with E-state index in [1.807, 2.05) is 13.8 Å². The summed E-state index contributed by atoms with van der Waals surface area (Å²) >= 11 is 6.94. The molecule has 0 radical (unpaired) electrons. The van der Waals surface area contributed by atoms with Crippen LogP contribution >= 0.6 is 68.0 Å². The lowest BCUT2D eigenvalue weighted by molar-refractivity contribution is -0.143. The molecule has 0 aliphatic carbocycles. The maximum Gasteiger partial charge on any atom is 0.325 e. The molecule has 0 saturated carbocycles. The Bertz CT molecular complexity index is 3960. The minimum Gasteiger partial charge on any atom is -0.481 e. The number of pyridine rings is 1. The SMILES string of the molecule is CNC(=O)C[C@@H]1NC(=O)c2csc(n2)-c2ccc(-c3nc(N(CCC(=O)O)C(=O)N4CCC(C(=O)O)CC4)cs3)nc2-c2csc(n2)-c2csc(n2)[C@H]([C@@H](O)c2ccccc2)NC(=O)CNC(=O)c2nc(sc2COC)[C@H](C(C)C)NC(=O)c2nc1sc2C. The van der Waals surface area contributed by atoms with Crippen LogP contribution in [0.5, 0.6) is 0 Å². The highest BCUT2D eigenvalue weighted by atomic mass is 32.1. The summed E-state index contributed by atoms with van der Waals surface area (Å²) in [5.74, 6) is -5.81. The Balaban J connectivity index is 1.05. The number of anilines is 1. The molecule has 7 aromatic heterocycles. The van der Waals surface area contributed by atoms with E-state index in [1.165, 1.54) is 35.3 Å². The lowest BCUT2D eigenvalue weighted by Gasteiger charge is -2.33. The second-order valence-corrected chi connectivity index (χ2v) is 26.6. The number of likely N-dealkylation sites (tertiary alicyclic amines) is 1. The lowest BCUT2D eigenvalue weighted by Crippen LogP contribution is -2.48. The topological polar surface area (TPSA) is 363 Å². The molecule has 10 rings (SSSR count). The van der Waals surface area contributed by atoms with Crippen molar-refractivity contribution in [3.05, 3.63) is 111 Å². The van der Waals surface area contributed by atoms with E-state index < -0.39 is 90.6 Å². The quantitative estimate of drug-likeness (QED) is 0.0553. The standard InChI is InChI=1S/C57H58N14O12S6/c1-26(2)41-55-69-44(36(89-55)21-83-5)48(78)59-20-39(73)66-45(46(76)28-9-7-6-8-10-28)54-64-35(24-86-54)52-62-33(22-85-52)43-30(50-63-34(23-84-50)47(77)61-32(19-38(72)58-4)53-68-42(27(3)88-53)49(79)67-41)11-12-31(60-43)51-65-37(25-87-51)71(18-15-40(74)75)57(82)70-16-13-29(14-17-70)56(80)81/h6-12,22-26,29,32,41,45-46,76H,13-21H2,1-5H3,(H,58,72)(H,59,78)(H,61,77)(H,66,73)(H,67,79)(H,74,75)(H,80,81)/t32-,41-,45-,46-/m0/s1. The van der Waals surface area contributed by atoms with Crippen LogP contribution in [0.2, 0.25) is 0 Å². The number of nitrogens with one attached hydrogen (secondary N) is 5. The summed E-state index contributed by atoms with van der Waals surface area (Å²) in [5.41, 5.74) is 2.27. The van der Waals surface area contributed by atoms with Crippen molar-refractivity contribution in [2.45, 2.75) is 77.3 Å². The van der Waals surface area contributed by atoms with E-state index in [1.54, 1.807) is 70.9 Å². The maximum absolute atomic E-state index is 14.4. The second kappa shape index (κ2) is 28.0. The van der Waals surface area contributed by atoms with Crippen LogP contribution in [0.1, 0.15) is 126 Å². The Morgan fingerprint density at radius 1 is 0.719 bits per heavy atom. The molecule has 10 bridgehead atoms.